The molecule has 1 aliphatic heterocycles. The van der Waals surface area contributed by atoms with Crippen molar-refractivity contribution in [2.75, 3.05) is 6.54 Å². The minimum Gasteiger partial charge on any atom is -0.486 e. The van der Waals surface area contributed by atoms with Crippen LogP contribution in [0.25, 0.3) is 0 Å². The normalized spacial score (nSPS) is 18.9. The first-order valence-corrected chi connectivity index (χ1v) is 12.7. The van der Waals surface area contributed by atoms with Gasteiger partial charge in [0.25, 0.3) is 5.91 Å². The van der Waals surface area contributed by atoms with Gasteiger partial charge in [-0.3, -0.25) is 4.79 Å². The summed E-state index contributed by atoms with van der Waals surface area (Å²) in [4.78, 5) is 27.5. The van der Waals surface area contributed by atoms with Crippen LogP contribution >= 0.6 is 23.2 Å². The molecule has 2 aromatic carbocycles. The molecule has 35 heavy (non-hydrogen) atoms. The first-order valence-electron chi connectivity index (χ1n) is 11.9. The molecule has 1 aliphatic carbocycles. The Kier molecular flexibility index (Phi) is 7.35. The molecule has 0 aromatic heterocycles. The third kappa shape index (κ3) is 5.92. The summed E-state index contributed by atoms with van der Waals surface area (Å²) in [5.74, 6) is -0.800. The summed E-state index contributed by atoms with van der Waals surface area (Å²) in [5, 5.41) is 0.793. The molecule has 0 bridgehead atoms. The molecule has 2 aromatic rings. The Hall–Kier alpha value is -2.31. The van der Waals surface area contributed by atoms with Gasteiger partial charge in [-0.1, -0.05) is 23.2 Å². The molecule has 1 heterocycles. The monoisotopic (exact) mass is 521 g/mol. The van der Waals surface area contributed by atoms with Crippen molar-refractivity contribution >= 4 is 35.1 Å². The van der Waals surface area contributed by atoms with E-state index >= 15 is 4.39 Å². The second-order valence-electron chi connectivity index (χ2n) is 10.3. The molecule has 1 amide bonds. The standard InChI is InChI=1S/C27H30Cl2FNO4/c1-15(34-17-9-10-21(28)22(29)12-17)18-14-23(30)20(13-19(18)16-7-8-16)25(32)31-11-5-6-24(31)26(33)35-27(2,3)4/h9-10,12-16,24H,5-8,11H2,1-4H3/t15-,24+/m1/s1. The minimum atomic E-state index is -0.706. The number of hydrogen-bond donors (Lipinski definition) is 0. The fourth-order valence-electron chi connectivity index (χ4n) is 4.47. The predicted molar refractivity (Wildman–Crippen MR) is 134 cm³/mol. The number of halogens is 3. The van der Waals surface area contributed by atoms with Crippen molar-refractivity contribution in [1.29, 1.82) is 0 Å². The summed E-state index contributed by atoms with van der Waals surface area (Å²) >= 11 is 12.1. The lowest BCUT2D eigenvalue weighted by Gasteiger charge is -2.28. The number of nitrogens with zero attached hydrogens (tertiary/aromatic N) is 1. The van der Waals surface area contributed by atoms with E-state index in [0.29, 0.717) is 40.7 Å². The maximum absolute atomic E-state index is 15.4. The van der Waals surface area contributed by atoms with Gasteiger partial charge in [0.05, 0.1) is 15.6 Å². The molecule has 5 nitrogen and oxygen atoms in total. The SMILES string of the molecule is C[C@@H](Oc1ccc(Cl)c(Cl)c1)c1cc(F)c(C(=O)N2CCC[C@H]2C(=O)OC(C)(C)C)cc1C1CC1. The van der Waals surface area contributed by atoms with Crippen LogP contribution in [0.2, 0.25) is 10.0 Å². The van der Waals surface area contributed by atoms with E-state index in [1.165, 1.54) is 11.0 Å². The maximum Gasteiger partial charge on any atom is 0.329 e. The molecule has 0 radical (unpaired) electrons. The van der Waals surface area contributed by atoms with E-state index in [9.17, 15) is 9.59 Å². The topological polar surface area (TPSA) is 55.8 Å². The van der Waals surface area contributed by atoms with Crippen LogP contribution in [-0.2, 0) is 9.53 Å². The summed E-state index contributed by atoms with van der Waals surface area (Å²) in [6.07, 6.45) is 2.64. The second-order valence-corrected chi connectivity index (χ2v) is 11.1. The number of carbonyl (C=O) groups is 2. The van der Waals surface area contributed by atoms with E-state index in [1.54, 1.807) is 45.0 Å². The Bertz CT molecular complexity index is 1140. The Labute approximate surface area is 215 Å². The predicted octanol–water partition coefficient (Wildman–Crippen LogP) is 7.10. The van der Waals surface area contributed by atoms with E-state index in [4.69, 9.17) is 32.7 Å². The summed E-state index contributed by atoms with van der Waals surface area (Å²) < 4.78 is 26.9. The average Bonchev–Trinajstić information content (AvgIpc) is 3.49. The Morgan fingerprint density at radius 2 is 1.80 bits per heavy atom. The molecule has 0 unspecified atom stereocenters. The van der Waals surface area contributed by atoms with Crippen molar-refractivity contribution in [3.05, 3.63) is 62.9 Å². The van der Waals surface area contributed by atoms with Crippen molar-refractivity contribution in [1.82, 2.24) is 4.90 Å². The number of hydrogen-bond acceptors (Lipinski definition) is 4. The highest BCUT2D eigenvalue weighted by atomic mass is 35.5. The van der Waals surface area contributed by atoms with Gasteiger partial charge in [0, 0.05) is 12.6 Å². The quantitative estimate of drug-likeness (QED) is 0.380. The van der Waals surface area contributed by atoms with E-state index in [2.05, 4.69) is 0 Å². The zero-order valence-corrected chi connectivity index (χ0v) is 21.9. The van der Waals surface area contributed by atoms with Gasteiger partial charge in [0.1, 0.15) is 29.3 Å². The van der Waals surface area contributed by atoms with Crippen LogP contribution in [0.15, 0.2) is 30.3 Å². The lowest BCUT2D eigenvalue weighted by Crippen LogP contribution is -2.43. The lowest BCUT2D eigenvalue weighted by atomic mass is 9.95. The first-order chi connectivity index (χ1) is 16.4. The van der Waals surface area contributed by atoms with E-state index < -0.39 is 35.4 Å². The van der Waals surface area contributed by atoms with Crippen molar-refractivity contribution in [3.8, 4) is 5.75 Å². The molecule has 2 atom stereocenters. The Morgan fingerprint density at radius 3 is 2.43 bits per heavy atom. The lowest BCUT2D eigenvalue weighted by molar-refractivity contribution is -0.159. The third-order valence-electron chi connectivity index (χ3n) is 6.25. The van der Waals surface area contributed by atoms with Crippen LogP contribution in [0.3, 0.4) is 0 Å². The number of carbonyl (C=O) groups excluding carboxylic acids is 2. The molecule has 188 valence electrons. The van der Waals surface area contributed by atoms with E-state index in [0.717, 1.165) is 18.4 Å². The smallest absolute Gasteiger partial charge is 0.329 e. The number of benzene rings is 2. The third-order valence-corrected chi connectivity index (χ3v) is 6.99. The number of ether oxygens (including phenoxy) is 2. The summed E-state index contributed by atoms with van der Waals surface area (Å²) in [6, 6.07) is 7.30. The van der Waals surface area contributed by atoms with Gasteiger partial charge in [0.2, 0.25) is 0 Å². The zero-order valence-electron chi connectivity index (χ0n) is 20.4. The van der Waals surface area contributed by atoms with Gasteiger partial charge in [-0.05, 0) is 94.7 Å². The van der Waals surface area contributed by atoms with Gasteiger partial charge in [-0.25, -0.2) is 9.18 Å². The van der Waals surface area contributed by atoms with Crippen molar-refractivity contribution in [2.45, 2.75) is 77.0 Å². The number of likely N-dealkylation sites (tertiary alicyclic amines) is 1. The fourth-order valence-corrected chi connectivity index (χ4v) is 4.75. The number of rotatable bonds is 6. The molecule has 0 N–H and O–H groups in total. The highest BCUT2D eigenvalue weighted by Crippen LogP contribution is 2.45. The molecule has 2 aliphatic rings. The molecule has 8 heteroatoms. The van der Waals surface area contributed by atoms with Crippen LogP contribution in [0, 0.1) is 5.82 Å². The van der Waals surface area contributed by atoms with Gasteiger partial charge in [-0.2, -0.15) is 0 Å². The van der Waals surface area contributed by atoms with Crippen LogP contribution in [0.1, 0.15) is 86.9 Å². The van der Waals surface area contributed by atoms with Crippen molar-refractivity contribution in [3.63, 3.8) is 0 Å². The summed E-state index contributed by atoms with van der Waals surface area (Å²) in [5.41, 5.74) is 0.908. The Morgan fingerprint density at radius 1 is 1.09 bits per heavy atom. The number of amides is 1. The maximum atomic E-state index is 15.4. The molecule has 1 saturated heterocycles. The van der Waals surface area contributed by atoms with Gasteiger partial charge < -0.3 is 14.4 Å². The van der Waals surface area contributed by atoms with Crippen LogP contribution in [-0.4, -0.2) is 35.0 Å². The molecule has 4 rings (SSSR count). The van der Waals surface area contributed by atoms with Crippen LogP contribution in [0.5, 0.6) is 5.75 Å². The van der Waals surface area contributed by atoms with Gasteiger partial charge >= 0.3 is 5.97 Å². The Balaban J connectivity index is 1.60. The largest absolute Gasteiger partial charge is 0.486 e. The molecule has 2 fully saturated rings. The van der Waals surface area contributed by atoms with Crippen LogP contribution < -0.4 is 4.74 Å². The fraction of sp³-hybridized carbons (Fsp3) is 0.481. The molecule has 1 saturated carbocycles. The summed E-state index contributed by atoms with van der Waals surface area (Å²) in [6.45, 7) is 7.58. The van der Waals surface area contributed by atoms with Crippen molar-refractivity contribution in [2.24, 2.45) is 0 Å². The number of esters is 1. The minimum absolute atomic E-state index is 0.0205. The molecule has 0 spiro atoms. The average molecular weight is 522 g/mol. The highest BCUT2D eigenvalue weighted by Gasteiger charge is 2.39. The highest BCUT2D eigenvalue weighted by molar-refractivity contribution is 6.42. The van der Waals surface area contributed by atoms with Gasteiger partial charge in [-0.15, -0.1) is 0 Å². The first kappa shape index (κ1) is 25.8. The van der Waals surface area contributed by atoms with E-state index in [-0.39, 0.29) is 11.5 Å². The van der Waals surface area contributed by atoms with Crippen molar-refractivity contribution < 1.29 is 23.5 Å². The zero-order chi connectivity index (χ0) is 25.5. The molecular weight excluding hydrogens is 492 g/mol. The van der Waals surface area contributed by atoms with E-state index in [1.807, 2.05) is 6.92 Å². The molecular formula is C27H30Cl2FNO4. The summed E-state index contributed by atoms with van der Waals surface area (Å²) in [7, 11) is 0. The second kappa shape index (κ2) is 9.98. The van der Waals surface area contributed by atoms with Gasteiger partial charge in [0.15, 0.2) is 0 Å². The van der Waals surface area contributed by atoms with Crippen LogP contribution in [0.4, 0.5) is 4.39 Å².